The molecule has 2 aromatic carbocycles. The minimum absolute atomic E-state index is 0.00647. The average molecular weight is 386 g/mol. The van der Waals surface area contributed by atoms with Crippen LogP contribution in [0.25, 0.3) is 0 Å². The van der Waals surface area contributed by atoms with Gasteiger partial charge in [0.15, 0.2) is 6.61 Å². The summed E-state index contributed by atoms with van der Waals surface area (Å²) in [5, 5.41) is 3.59. The third-order valence-corrected chi connectivity index (χ3v) is 6.01. The molecule has 0 bridgehead atoms. The number of rotatable bonds is 8. The zero-order chi connectivity index (χ0) is 18.9. The van der Waals surface area contributed by atoms with Crippen molar-refractivity contribution in [2.75, 3.05) is 25.1 Å². The molecule has 0 atom stereocenters. The van der Waals surface area contributed by atoms with Crippen LogP contribution in [0.4, 0.5) is 5.69 Å². The number of thioether (sulfide) groups is 1. The second-order valence-corrected chi connectivity index (χ2v) is 7.95. The highest BCUT2D eigenvalue weighted by Crippen LogP contribution is 2.26. The summed E-state index contributed by atoms with van der Waals surface area (Å²) < 4.78 is 11.0. The molecular weight excluding hydrogens is 358 g/mol. The van der Waals surface area contributed by atoms with E-state index in [1.807, 2.05) is 54.2 Å². The minimum atomic E-state index is -0.149. The molecule has 1 saturated heterocycles. The van der Waals surface area contributed by atoms with Crippen molar-refractivity contribution in [1.82, 2.24) is 0 Å². The number of aryl methyl sites for hydroxylation is 1. The van der Waals surface area contributed by atoms with Crippen molar-refractivity contribution in [3.63, 3.8) is 0 Å². The Morgan fingerprint density at radius 2 is 1.93 bits per heavy atom. The summed E-state index contributed by atoms with van der Waals surface area (Å²) in [4.78, 5) is 12.2. The van der Waals surface area contributed by atoms with E-state index in [4.69, 9.17) is 9.47 Å². The highest BCUT2D eigenvalue weighted by atomic mass is 32.2. The largest absolute Gasteiger partial charge is 0.484 e. The summed E-state index contributed by atoms with van der Waals surface area (Å²) in [5.41, 5.74) is 3.29. The van der Waals surface area contributed by atoms with Crippen molar-refractivity contribution < 1.29 is 14.3 Å². The lowest BCUT2D eigenvalue weighted by Crippen LogP contribution is -2.20. The highest BCUT2D eigenvalue weighted by Gasteiger charge is 2.14. The Kier molecular flexibility index (Phi) is 7.60. The first-order chi connectivity index (χ1) is 13.2. The lowest BCUT2D eigenvalue weighted by molar-refractivity contribution is -0.118. The van der Waals surface area contributed by atoms with E-state index in [1.165, 1.54) is 11.1 Å². The summed E-state index contributed by atoms with van der Waals surface area (Å²) in [5.74, 6) is 1.52. The van der Waals surface area contributed by atoms with E-state index in [0.29, 0.717) is 11.0 Å². The summed E-state index contributed by atoms with van der Waals surface area (Å²) in [6.45, 7) is 3.86. The van der Waals surface area contributed by atoms with Crippen LogP contribution in [-0.2, 0) is 21.7 Å². The van der Waals surface area contributed by atoms with Crippen LogP contribution >= 0.6 is 11.8 Å². The van der Waals surface area contributed by atoms with Crippen LogP contribution in [0.5, 0.6) is 5.75 Å². The molecule has 27 heavy (non-hydrogen) atoms. The number of anilines is 1. The Labute approximate surface area is 165 Å². The molecule has 3 rings (SSSR count). The molecule has 0 spiro atoms. The van der Waals surface area contributed by atoms with Gasteiger partial charge in [0, 0.05) is 29.9 Å². The number of carbonyl (C=O) groups excluding carboxylic acids is 1. The van der Waals surface area contributed by atoms with Crippen LogP contribution in [0, 0.1) is 0 Å². The molecule has 4 nitrogen and oxygen atoms in total. The predicted octanol–water partition coefficient (Wildman–Crippen LogP) is 4.68. The Morgan fingerprint density at radius 3 is 2.67 bits per heavy atom. The molecule has 2 aromatic rings. The molecule has 1 aliphatic rings. The van der Waals surface area contributed by atoms with Gasteiger partial charge in [0.05, 0.1) is 0 Å². The van der Waals surface area contributed by atoms with E-state index >= 15 is 0 Å². The Morgan fingerprint density at radius 1 is 1.15 bits per heavy atom. The second kappa shape index (κ2) is 10.4. The van der Waals surface area contributed by atoms with Crippen molar-refractivity contribution in [1.29, 1.82) is 0 Å². The minimum Gasteiger partial charge on any atom is -0.484 e. The van der Waals surface area contributed by atoms with Crippen molar-refractivity contribution >= 4 is 23.4 Å². The standard InChI is InChI=1S/C22H27NO3S/c1-2-17-6-8-20(9-7-17)26-15-22(24)23-19-5-3-4-18(14-19)16-27-21-10-12-25-13-11-21/h3-9,14,21H,2,10-13,15-16H2,1H3,(H,23,24). The van der Waals surface area contributed by atoms with Gasteiger partial charge in [-0.15, -0.1) is 0 Å². The zero-order valence-corrected chi connectivity index (χ0v) is 16.6. The number of hydrogen-bond donors (Lipinski definition) is 1. The topological polar surface area (TPSA) is 47.6 Å². The number of amides is 1. The first kappa shape index (κ1) is 19.8. The van der Waals surface area contributed by atoms with Crippen LogP contribution in [0.15, 0.2) is 48.5 Å². The molecule has 0 saturated carbocycles. The van der Waals surface area contributed by atoms with Crippen LogP contribution in [0.1, 0.15) is 30.9 Å². The molecule has 0 radical (unpaired) electrons. The predicted molar refractivity (Wildman–Crippen MR) is 112 cm³/mol. The first-order valence-corrected chi connectivity index (χ1v) is 10.6. The molecule has 0 unspecified atom stereocenters. The van der Waals surface area contributed by atoms with Gasteiger partial charge in [-0.1, -0.05) is 31.2 Å². The van der Waals surface area contributed by atoms with Crippen molar-refractivity contribution in [2.45, 2.75) is 37.2 Å². The molecule has 1 fully saturated rings. The van der Waals surface area contributed by atoms with Gasteiger partial charge in [-0.2, -0.15) is 11.8 Å². The summed E-state index contributed by atoms with van der Waals surface area (Å²) >= 11 is 1.97. The summed E-state index contributed by atoms with van der Waals surface area (Å²) in [6.07, 6.45) is 3.24. The molecule has 0 aliphatic carbocycles. The normalized spacial score (nSPS) is 14.7. The summed E-state index contributed by atoms with van der Waals surface area (Å²) in [6, 6.07) is 15.9. The highest BCUT2D eigenvalue weighted by molar-refractivity contribution is 7.99. The van der Waals surface area contributed by atoms with E-state index in [0.717, 1.165) is 43.9 Å². The van der Waals surface area contributed by atoms with E-state index in [9.17, 15) is 4.79 Å². The third-order valence-electron chi connectivity index (χ3n) is 4.57. The molecule has 1 heterocycles. The van der Waals surface area contributed by atoms with Crippen LogP contribution in [0.2, 0.25) is 0 Å². The molecule has 1 N–H and O–H groups in total. The van der Waals surface area contributed by atoms with Crippen LogP contribution in [-0.4, -0.2) is 31.0 Å². The number of ether oxygens (including phenoxy) is 2. The van der Waals surface area contributed by atoms with Crippen molar-refractivity contribution in [2.24, 2.45) is 0 Å². The van der Waals surface area contributed by atoms with Crippen LogP contribution < -0.4 is 10.1 Å². The monoisotopic (exact) mass is 385 g/mol. The van der Waals surface area contributed by atoms with E-state index < -0.39 is 0 Å². The average Bonchev–Trinajstić information content (AvgIpc) is 2.72. The van der Waals surface area contributed by atoms with E-state index in [2.05, 4.69) is 18.3 Å². The first-order valence-electron chi connectivity index (χ1n) is 9.53. The summed E-state index contributed by atoms with van der Waals surface area (Å²) in [7, 11) is 0. The maximum Gasteiger partial charge on any atom is 0.262 e. The third kappa shape index (κ3) is 6.60. The van der Waals surface area contributed by atoms with Gasteiger partial charge in [0.25, 0.3) is 5.91 Å². The molecular formula is C22H27NO3S. The lowest BCUT2D eigenvalue weighted by atomic mass is 10.2. The smallest absolute Gasteiger partial charge is 0.262 e. The van der Waals surface area contributed by atoms with Gasteiger partial charge in [-0.25, -0.2) is 0 Å². The quantitative estimate of drug-likeness (QED) is 0.717. The molecule has 0 aromatic heterocycles. The van der Waals surface area contributed by atoms with Gasteiger partial charge in [-0.3, -0.25) is 4.79 Å². The van der Waals surface area contributed by atoms with Gasteiger partial charge in [0.1, 0.15) is 5.75 Å². The van der Waals surface area contributed by atoms with Gasteiger partial charge in [-0.05, 0) is 54.7 Å². The number of carbonyl (C=O) groups is 1. The van der Waals surface area contributed by atoms with Crippen molar-refractivity contribution in [3.8, 4) is 5.75 Å². The van der Waals surface area contributed by atoms with Gasteiger partial charge in [0.2, 0.25) is 0 Å². The van der Waals surface area contributed by atoms with Gasteiger partial charge >= 0.3 is 0 Å². The zero-order valence-electron chi connectivity index (χ0n) is 15.8. The maximum atomic E-state index is 12.2. The number of benzene rings is 2. The SMILES string of the molecule is CCc1ccc(OCC(=O)Nc2cccc(CSC3CCOCC3)c2)cc1. The van der Waals surface area contributed by atoms with E-state index in [1.54, 1.807) is 0 Å². The second-order valence-electron chi connectivity index (χ2n) is 6.66. The maximum absolute atomic E-state index is 12.2. The molecule has 5 heteroatoms. The molecule has 1 amide bonds. The lowest BCUT2D eigenvalue weighted by Gasteiger charge is -2.21. The fourth-order valence-corrected chi connectivity index (χ4v) is 4.10. The van der Waals surface area contributed by atoms with E-state index in [-0.39, 0.29) is 12.5 Å². The Balaban J connectivity index is 1.45. The molecule has 1 aliphatic heterocycles. The van der Waals surface area contributed by atoms with Crippen LogP contribution in [0.3, 0.4) is 0 Å². The number of hydrogen-bond acceptors (Lipinski definition) is 4. The molecule has 144 valence electrons. The van der Waals surface area contributed by atoms with Gasteiger partial charge < -0.3 is 14.8 Å². The Hall–Kier alpha value is -1.98. The fourth-order valence-electron chi connectivity index (χ4n) is 2.96. The Bertz CT molecular complexity index is 727. The fraction of sp³-hybridized carbons (Fsp3) is 0.409. The van der Waals surface area contributed by atoms with Crippen molar-refractivity contribution in [3.05, 3.63) is 59.7 Å². The number of nitrogens with one attached hydrogen (secondary N) is 1.